The van der Waals surface area contributed by atoms with Crippen LogP contribution in [0, 0.1) is 5.82 Å². The summed E-state index contributed by atoms with van der Waals surface area (Å²) in [6, 6.07) is 4.52. The van der Waals surface area contributed by atoms with Gasteiger partial charge in [-0.05, 0) is 31.0 Å². The summed E-state index contributed by atoms with van der Waals surface area (Å²) >= 11 is 3.23. The molecule has 0 saturated heterocycles. The molecule has 15 heavy (non-hydrogen) atoms. The predicted octanol–water partition coefficient (Wildman–Crippen LogP) is 3.44. The lowest BCUT2D eigenvalue weighted by molar-refractivity contribution is 0.285. The van der Waals surface area contributed by atoms with Crippen LogP contribution in [0.2, 0.25) is 0 Å². The number of aliphatic hydroxyl groups is 1. The molecule has 0 bridgehead atoms. The fraction of sp³-hybridized carbons (Fsp3) is 0.400. The van der Waals surface area contributed by atoms with E-state index in [1.807, 2.05) is 0 Å². The standard InChI is InChI=1S/C10H12BrFN2O/c11-8-3-4-9(12)10(7-8)14-13-5-1-2-6-15/h3-4,7,15H,1-2,5-6H2. The Bertz CT molecular complexity index is 344. The van der Waals surface area contributed by atoms with Crippen LogP contribution >= 0.6 is 15.9 Å². The zero-order valence-corrected chi connectivity index (χ0v) is 9.74. The lowest BCUT2D eigenvalue weighted by Gasteiger charge is -1.96. The first-order valence-electron chi connectivity index (χ1n) is 4.67. The second-order valence-corrected chi connectivity index (χ2v) is 3.91. The predicted molar refractivity (Wildman–Crippen MR) is 59.8 cm³/mol. The van der Waals surface area contributed by atoms with Gasteiger partial charge in [-0.3, -0.25) is 0 Å². The van der Waals surface area contributed by atoms with Gasteiger partial charge in [0.25, 0.3) is 0 Å². The summed E-state index contributed by atoms with van der Waals surface area (Å²) in [6.45, 7) is 0.660. The first-order valence-corrected chi connectivity index (χ1v) is 5.47. The minimum absolute atomic E-state index is 0.154. The van der Waals surface area contributed by atoms with Crippen LogP contribution in [-0.2, 0) is 0 Å². The molecule has 5 heteroatoms. The molecule has 0 radical (unpaired) electrons. The smallest absolute Gasteiger partial charge is 0.150 e. The highest BCUT2D eigenvalue weighted by molar-refractivity contribution is 9.10. The Morgan fingerprint density at radius 2 is 2.13 bits per heavy atom. The number of azo groups is 1. The largest absolute Gasteiger partial charge is 0.396 e. The van der Waals surface area contributed by atoms with E-state index in [-0.39, 0.29) is 18.1 Å². The van der Waals surface area contributed by atoms with E-state index in [1.165, 1.54) is 6.07 Å². The van der Waals surface area contributed by atoms with Gasteiger partial charge >= 0.3 is 0 Å². The van der Waals surface area contributed by atoms with Crippen LogP contribution in [0.25, 0.3) is 0 Å². The van der Waals surface area contributed by atoms with Gasteiger partial charge in [0.15, 0.2) is 5.82 Å². The highest BCUT2D eigenvalue weighted by Gasteiger charge is 2.00. The average molecular weight is 275 g/mol. The van der Waals surface area contributed by atoms with Crippen molar-refractivity contribution in [2.75, 3.05) is 13.2 Å². The van der Waals surface area contributed by atoms with E-state index in [9.17, 15) is 4.39 Å². The van der Waals surface area contributed by atoms with Gasteiger partial charge in [0.05, 0.1) is 6.54 Å². The Labute approximate surface area is 96.2 Å². The van der Waals surface area contributed by atoms with Crippen LogP contribution < -0.4 is 0 Å². The van der Waals surface area contributed by atoms with E-state index >= 15 is 0 Å². The maximum atomic E-state index is 13.1. The summed E-state index contributed by atoms with van der Waals surface area (Å²) in [5, 5.41) is 16.1. The molecule has 0 unspecified atom stereocenters. The Hall–Kier alpha value is -0.810. The molecule has 0 aromatic heterocycles. The van der Waals surface area contributed by atoms with Gasteiger partial charge in [-0.2, -0.15) is 10.2 Å². The lowest BCUT2D eigenvalue weighted by Crippen LogP contribution is -1.85. The molecular weight excluding hydrogens is 263 g/mol. The van der Waals surface area contributed by atoms with Crippen molar-refractivity contribution in [2.24, 2.45) is 10.2 Å². The van der Waals surface area contributed by atoms with Crippen molar-refractivity contribution in [1.29, 1.82) is 0 Å². The number of hydrogen-bond donors (Lipinski definition) is 1. The molecule has 1 aromatic rings. The zero-order chi connectivity index (χ0) is 11.1. The van der Waals surface area contributed by atoms with Gasteiger partial charge in [-0.25, -0.2) is 4.39 Å². The summed E-state index contributed by atoms with van der Waals surface area (Å²) < 4.78 is 13.9. The van der Waals surface area contributed by atoms with E-state index < -0.39 is 0 Å². The maximum absolute atomic E-state index is 13.1. The molecule has 1 rings (SSSR count). The van der Waals surface area contributed by atoms with Gasteiger partial charge < -0.3 is 5.11 Å². The van der Waals surface area contributed by atoms with Gasteiger partial charge in [0.2, 0.25) is 0 Å². The van der Waals surface area contributed by atoms with Crippen molar-refractivity contribution >= 4 is 21.6 Å². The molecule has 82 valence electrons. The molecular formula is C10H12BrFN2O. The molecule has 1 N–H and O–H groups in total. The normalized spacial score (nSPS) is 11.1. The quantitative estimate of drug-likeness (QED) is 0.649. The van der Waals surface area contributed by atoms with Crippen LogP contribution in [-0.4, -0.2) is 18.3 Å². The van der Waals surface area contributed by atoms with Crippen molar-refractivity contribution in [2.45, 2.75) is 12.8 Å². The summed E-state index contributed by atoms with van der Waals surface area (Å²) in [7, 11) is 0. The topological polar surface area (TPSA) is 45.0 Å². The third kappa shape index (κ3) is 4.48. The first-order chi connectivity index (χ1) is 7.24. The minimum Gasteiger partial charge on any atom is -0.396 e. The third-order valence-electron chi connectivity index (χ3n) is 1.75. The molecule has 0 amide bonds. The van der Waals surface area contributed by atoms with E-state index in [0.717, 1.165) is 10.9 Å². The molecule has 0 saturated carbocycles. The minimum atomic E-state index is -0.385. The molecule has 0 aliphatic heterocycles. The van der Waals surface area contributed by atoms with Crippen LogP contribution in [0.15, 0.2) is 32.9 Å². The van der Waals surface area contributed by atoms with E-state index in [1.54, 1.807) is 12.1 Å². The van der Waals surface area contributed by atoms with E-state index in [0.29, 0.717) is 13.0 Å². The Kier molecular flexibility index (Phi) is 5.42. The second kappa shape index (κ2) is 6.63. The summed E-state index contributed by atoms with van der Waals surface area (Å²) in [6.07, 6.45) is 1.45. The number of unbranched alkanes of at least 4 members (excludes halogenated alkanes) is 1. The highest BCUT2D eigenvalue weighted by Crippen LogP contribution is 2.22. The van der Waals surface area contributed by atoms with Gasteiger partial charge in [0, 0.05) is 11.1 Å². The van der Waals surface area contributed by atoms with Crippen LogP contribution in [0.4, 0.5) is 10.1 Å². The van der Waals surface area contributed by atoms with Crippen molar-refractivity contribution in [3.63, 3.8) is 0 Å². The third-order valence-corrected chi connectivity index (χ3v) is 2.25. The monoisotopic (exact) mass is 274 g/mol. The summed E-state index contributed by atoms with van der Waals surface area (Å²) in [4.78, 5) is 0. The first kappa shape index (κ1) is 12.3. The lowest BCUT2D eigenvalue weighted by atomic mass is 10.3. The molecule has 0 spiro atoms. The second-order valence-electron chi connectivity index (χ2n) is 2.99. The number of halogens is 2. The maximum Gasteiger partial charge on any atom is 0.150 e. The number of rotatable bonds is 5. The number of aliphatic hydroxyl groups excluding tert-OH is 1. The SMILES string of the molecule is OCCCCN=Nc1cc(Br)ccc1F. The number of nitrogens with zero attached hydrogens (tertiary/aromatic N) is 2. The summed E-state index contributed by atoms with van der Waals surface area (Å²) in [5.41, 5.74) is 0.230. The molecule has 0 heterocycles. The molecule has 0 fully saturated rings. The highest BCUT2D eigenvalue weighted by atomic mass is 79.9. The average Bonchev–Trinajstić information content (AvgIpc) is 2.23. The van der Waals surface area contributed by atoms with Crippen LogP contribution in [0.1, 0.15) is 12.8 Å². The Morgan fingerprint density at radius 3 is 2.87 bits per heavy atom. The van der Waals surface area contributed by atoms with Crippen molar-refractivity contribution in [3.8, 4) is 0 Å². The molecule has 0 aliphatic rings. The Morgan fingerprint density at radius 1 is 1.33 bits per heavy atom. The van der Waals surface area contributed by atoms with E-state index in [2.05, 4.69) is 26.2 Å². The summed E-state index contributed by atoms with van der Waals surface area (Å²) in [5.74, 6) is -0.385. The number of benzene rings is 1. The Balaban J connectivity index is 2.52. The van der Waals surface area contributed by atoms with Crippen molar-refractivity contribution < 1.29 is 9.50 Å². The van der Waals surface area contributed by atoms with Gasteiger partial charge in [-0.15, -0.1) is 0 Å². The van der Waals surface area contributed by atoms with Crippen molar-refractivity contribution in [1.82, 2.24) is 0 Å². The van der Waals surface area contributed by atoms with Gasteiger partial charge in [0.1, 0.15) is 5.69 Å². The number of hydrogen-bond acceptors (Lipinski definition) is 3. The molecule has 0 aliphatic carbocycles. The zero-order valence-electron chi connectivity index (χ0n) is 8.16. The van der Waals surface area contributed by atoms with Crippen LogP contribution in [0.5, 0.6) is 0 Å². The van der Waals surface area contributed by atoms with Crippen LogP contribution in [0.3, 0.4) is 0 Å². The molecule has 3 nitrogen and oxygen atoms in total. The van der Waals surface area contributed by atoms with E-state index in [4.69, 9.17) is 5.11 Å². The van der Waals surface area contributed by atoms with Crippen molar-refractivity contribution in [3.05, 3.63) is 28.5 Å². The molecule has 0 atom stereocenters. The fourth-order valence-corrected chi connectivity index (χ4v) is 1.33. The fourth-order valence-electron chi connectivity index (χ4n) is 0.983. The molecule has 1 aromatic carbocycles. The van der Waals surface area contributed by atoms with Gasteiger partial charge in [-0.1, -0.05) is 15.9 Å².